The molecule has 3 aromatic rings. The molecule has 0 fully saturated rings. The van der Waals surface area contributed by atoms with E-state index in [0.29, 0.717) is 5.92 Å². The van der Waals surface area contributed by atoms with Gasteiger partial charge in [-0.25, -0.2) is 0 Å². The molecule has 0 N–H and O–H groups in total. The molecule has 2 aliphatic rings. The van der Waals surface area contributed by atoms with Crippen molar-refractivity contribution < 1.29 is 0 Å². The molecule has 0 saturated carbocycles. The fraction of sp³-hybridized carbons (Fsp3) is 0.286. The molecular weight excluding hydrogens is 364 g/mol. The Hall–Kier alpha value is -2.38. The predicted molar refractivity (Wildman–Crippen MR) is 128 cm³/mol. The van der Waals surface area contributed by atoms with E-state index in [9.17, 15) is 0 Å². The molecule has 0 nitrogen and oxygen atoms in total. The summed E-state index contributed by atoms with van der Waals surface area (Å²) in [6.07, 6.45) is 4.97. The molecule has 0 aliphatic heterocycles. The van der Waals surface area contributed by atoms with Crippen molar-refractivity contribution in [2.45, 2.75) is 44.4 Å². The third kappa shape index (κ3) is 2.31. The average Bonchev–Trinajstić information content (AvgIpc) is 3.25. The molecule has 1 unspecified atom stereocenters. The van der Waals surface area contributed by atoms with Gasteiger partial charge in [-0.05, 0) is 38.8 Å². The van der Waals surface area contributed by atoms with Gasteiger partial charge in [0.25, 0.3) is 0 Å². The molecule has 0 heterocycles. The lowest BCUT2D eigenvalue weighted by Gasteiger charge is -2.55. The van der Waals surface area contributed by atoms with Crippen molar-refractivity contribution in [3.8, 4) is 11.1 Å². The molecule has 0 saturated heterocycles. The Morgan fingerprint density at radius 3 is 1.83 bits per heavy atom. The molecule has 2 aliphatic carbocycles. The first kappa shape index (κ1) is 18.6. The topological polar surface area (TPSA) is 0 Å². The van der Waals surface area contributed by atoms with Crippen molar-refractivity contribution in [1.82, 2.24) is 0 Å². The van der Waals surface area contributed by atoms with Gasteiger partial charge < -0.3 is 0 Å². The van der Waals surface area contributed by atoms with E-state index in [1.165, 1.54) is 33.4 Å². The second-order valence-electron chi connectivity index (χ2n) is 10.3. The smallest absolute Gasteiger partial charge is 0.0612 e. The van der Waals surface area contributed by atoms with Crippen molar-refractivity contribution in [3.63, 3.8) is 0 Å². The fourth-order valence-corrected chi connectivity index (χ4v) is 10.3. The Bertz CT molecular complexity index is 1080. The van der Waals surface area contributed by atoms with Crippen molar-refractivity contribution in [2.24, 2.45) is 5.41 Å². The Labute approximate surface area is 176 Å². The van der Waals surface area contributed by atoms with E-state index in [2.05, 4.69) is 118 Å². The van der Waals surface area contributed by atoms with E-state index in [-0.39, 0.29) is 10.5 Å². The van der Waals surface area contributed by atoms with Crippen LogP contribution in [-0.2, 0) is 5.04 Å². The van der Waals surface area contributed by atoms with Gasteiger partial charge in [0.05, 0.1) is 8.07 Å². The minimum absolute atomic E-state index is 0.0449. The lowest BCUT2D eigenvalue weighted by molar-refractivity contribution is 0.245. The van der Waals surface area contributed by atoms with Gasteiger partial charge in [0.15, 0.2) is 0 Å². The maximum Gasteiger partial charge on any atom is 0.0612 e. The van der Waals surface area contributed by atoms with Crippen LogP contribution in [0.25, 0.3) is 17.2 Å². The van der Waals surface area contributed by atoms with E-state index in [4.69, 9.17) is 0 Å². The first-order valence-corrected chi connectivity index (χ1v) is 14.3. The zero-order chi connectivity index (χ0) is 20.4. The predicted octanol–water partition coefficient (Wildman–Crippen LogP) is 7.67. The molecule has 5 rings (SSSR count). The van der Waals surface area contributed by atoms with Crippen LogP contribution in [0, 0.1) is 5.41 Å². The van der Waals surface area contributed by atoms with Crippen molar-refractivity contribution in [3.05, 3.63) is 101 Å². The molecule has 0 radical (unpaired) electrons. The first-order chi connectivity index (χ1) is 13.8. The number of hydrogen-bond acceptors (Lipinski definition) is 0. The van der Waals surface area contributed by atoms with Gasteiger partial charge in [-0.2, -0.15) is 0 Å². The highest BCUT2D eigenvalue weighted by Crippen LogP contribution is 2.63. The third-order valence-corrected chi connectivity index (χ3v) is 11.1. The maximum atomic E-state index is 2.58. The molecule has 0 aromatic heterocycles. The summed E-state index contributed by atoms with van der Waals surface area (Å²) in [5.74, 6) is 0.387. The SMILES string of the molecule is CC(C)(C1c2ccccc2-c2ccccc21)C1([Si](C)(C)C)C=Cc2ccccc21. The molecule has 146 valence electrons. The Kier molecular flexibility index (Phi) is 3.89. The molecule has 0 bridgehead atoms. The van der Waals surface area contributed by atoms with Crippen LogP contribution in [0.2, 0.25) is 19.6 Å². The van der Waals surface area contributed by atoms with Crippen molar-refractivity contribution in [1.29, 1.82) is 0 Å². The van der Waals surface area contributed by atoms with Crippen LogP contribution in [0.1, 0.15) is 42.0 Å². The summed E-state index contributed by atoms with van der Waals surface area (Å²) >= 11 is 0. The minimum Gasteiger partial charge on any atom is -0.0755 e. The largest absolute Gasteiger partial charge is 0.0755 e. The van der Waals surface area contributed by atoms with Crippen LogP contribution < -0.4 is 0 Å². The molecule has 29 heavy (non-hydrogen) atoms. The van der Waals surface area contributed by atoms with Gasteiger partial charge in [0.1, 0.15) is 0 Å². The lowest BCUT2D eigenvalue weighted by Crippen LogP contribution is -2.58. The normalized spacial score (nSPS) is 20.4. The summed E-state index contributed by atoms with van der Waals surface area (Å²) in [6, 6.07) is 27.2. The van der Waals surface area contributed by atoms with Gasteiger partial charge >= 0.3 is 0 Å². The van der Waals surface area contributed by atoms with Gasteiger partial charge in [-0.3, -0.25) is 0 Å². The van der Waals surface area contributed by atoms with E-state index >= 15 is 0 Å². The summed E-state index contributed by atoms with van der Waals surface area (Å²) in [4.78, 5) is 0. The number of fused-ring (bicyclic) bond motifs is 4. The number of allylic oxidation sites excluding steroid dienone is 1. The van der Waals surface area contributed by atoms with Crippen molar-refractivity contribution >= 4 is 14.1 Å². The van der Waals surface area contributed by atoms with E-state index in [1.54, 1.807) is 0 Å². The van der Waals surface area contributed by atoms with Crippen LogP contribution in [0.4, 0.5) is 0 Å². The van der Waals surface area contributed by atoms with Gasteiger partial charge in [-0.15, -0.1) is 0 Å². The van der Waals surface area contributed by atoms with Crippen LogP contribution in [0.5, 0.6) is 0 Å². The highest BCUT2D eigenvalue weighted by Gasteiger charge is 2.59. The van der Waals surface area contributed by atoms with Gasteiger partial charge in [0, 0.05) is 11.0 Å². The summed E-state index contributed by atoms with van der Waals surface area (Å²) in [7, 11) is -1.66. The quantitative estimate of drug-likeness (QED) is 0.400. The van der Waals surface area contributed by atoms with Crippen molar-refractivity contribution in [2.75, 3.05) is 0 Å². The zero-order valence-electron chi connectivity index (χ0n) is 18.2. The summed E-state index contributed by atoms with van der Waals surface area (Å²) in [6.45, 7) is 12.7. The summed E-state index contributed by atoms with van der Waals surface area (Å²) < 4.78 is 0. The first-order valence-electron chi connectivity index (χ1n) is 10.8. The summed E-state index contributed by atoms with van der Waals surface area (Å²) in [5.41, 5.74) is 8.81. The van der Waals surface area contributed by atoms with E-state index in [1.807, 2.05) is 0 Å². The number of hydrogen-bond donors (Lipinski definition) is 0. The molecule has 1 atom stereocenters. The third-order valence-electron chi connectivity index (χ3n) is 7.65. The Morgan fingerprint density at radius 2 is 1.24 bits per heavy atom. The van der Waals surface area contributed by atoms with Gasteiger partial charge in [0.2, 0.25) is 0 Å². The van der Waals surface area contributed by atoms with Crippen LogP contribution in [-0.4, -0.2) is 8.07 Å². The minimum atomic E-state index is -1.66. The monoisotopic (exact) mass is 394 g/mol. The highest BCUT2D eigenvalue weighted by molar-refractivity contribution is 6.80. The van der Waals surface area contributed by atoms with Crippen LogP contribution in [0.15, 0.2) is 78.9 Å². The molecule has 3 aromatic carbocycles. The standard InChI is InChI=1S/C28H30Si/c1-27(2,28(29(3,4)5)19-18-20-12-6-11-17-25(20)28)26-23-15-9-7-13-21(23)22-14-8-10-16-24(22)26/h6-19,26H,1-5H3. The van der Waals surface area contributed by atoms with E-state index in [0.717, 1.165) is 0 Å². The van der Waals surface area contributed by atoms with Gasteiger partial charge in [-0.1, -0.05) is 118 Å². The fourth-order valence-electron chi connectivity index (χ4n) is 6.65. The Balaban J connectivity index is 1.81. The maximum absolute atomic E-state index is 2.58. The average molecular weight is 395 g/mol. The number of benzene rings is 3. The molecular formula is C28H30Si. The molecule has 0 spiro atoms. The van der Waals surface area contributed by atoms with Crippen LogP contribution in [0.3, 0.4) is 0 Å². The zero-order valence-corrected chi connectivity index (χ0v) is 19.2. The molecule has 0 amide bonds. The van der Waals surface area contributed by atoms with Crippen LogP contribution >= 0.6 is 0 Å². The second-order valence-corrected chi connectivity index (χ2v) is 15.6. The second kappa shape index (κ2) is 6.06. The molecule has 1 heteroatoms. The summed E-state index contributed by atoms with van der Waals surface area (Å²) in [5, 5.41) is 0.0752. The highest BCUT2D eigenvalue weighted by atomic mass is 28.3. The number of rotatable bonds is 3. The van der Waals surface area contributed by atoms with E-state index < -0.39 is 8.07 Å². The Morgan fingerprint density at radius 1 is 0.724 bits per heavy atom. The lowest BCUT2D eigenvalue weighted by atomic mass is 9.63.